The molecule has 1 amide bonds. The molecule has 1 aromatic carbocycles. The lowest BCUT2D eigenvalue weighted by molar-refractivity contribution is -0.116. The maximum Gasteiger partial charge on any atom is 0.338 e. The van der Waals surface area contributed by atoms with Crippen molar-refractivity contribution in [3.63, 3.8) is 0 Å². The van der Waals surface area contributed by atoms with Gasteiger partial charge in [0.2, 0.25) is 5.91 Å². The van der Waals surface area contributed by atoms with E-state index in [1.54, 1.807) is 26.1 Å². The number of hydrogen-bond donors (Lipinski definition) is 0. The van der Waals surface area contributed by atoms with E-state index in [1.165, 1.54) is 17.9 Å². The first kappa shape index (κ1) is 13.7. The minimum atomic E-state index is -0.536. The van der Waals surface area contributed by atoms with Gasteiger partial charge in [-0.3, -0.25) is 4.79 Å². The van der Waals surface area contributed by atoms with Crippen LogP contribution >= 0.6 is 0 Å². The Balaban J connectivity index is 3.29. The van der Waals surface area contributed by atoms with E-state index in [0.717, 1.165) is 0 Å². The molecule has 0 radical (unpaired) electrons. The SMILES string of the molecule is [C-]#[N+]c1ccc(N(C)C(C)=O)c(C(=O)OCC)c1. The smallest absolute Gasteiger partial charge is 0.338 e. The first-order valence-electron chi connectivity index (χ1n) is 5.44. The van der Waals surface area contributed by atoms with Crippen LogP contribution in [0.2, 0.25) is 0 Å². The molecular weight excluding hydrogens is 232 g/mol. The molecule has 0 aliphatic rings. The molecule has 0 fully saturated rings. The second-order valence-electron chi connectivity index (χ2n) is 3.61. The van der Waals surface area contributed by atoms with Crippen LogP contribution < -0.4 is 4.90 Å². The molecule has 0 aliphatic carbocycles. The van der Waals surface area contributed by atoms with Crippen LogP contribution in [0.4, 0.5) is 11.4 Å². The van der Waals surface area contributed by atoms with Crippen LogP contribution in [-0.2, 0) is 9.53 Å². The minimum Gasteiger partial charge on any atom is -0.462 e. The number of amides is 1. The average molecular weight is 246 g/mol. The zero-order valence-electron chi connectivity index (χ0n) is 10.6. The Labute approximate surface area is 106 Å². The third kappa shape index (κ3) is 2.86. The van der Waals surface area contributed by atoms with Crippen LogP contribution in [0, 0.1) is 6.57 Å². The molecule has 0 atom stereocenters. The molecule has 0 heterocycles. The molecule has 0 N–H and O–H groups in total. The highest BCUT2D eigenvalue weighted by Crippen LogP contribution is 2.26. The monoisotopic (exact) mass is 246 g/mol. The van der Waals surface area contributed by atoms with E-state index in [9.17, 15) is 9.59 Å². The van der Waals surface area contributed by atoms with E-state index in [1.807, 2.05) is 0 Å². The summed E-state index contributed by atoms with van der Waals surface area (Å²) in [6, 6.07) is 4.56. The van der Waals surface area contributed by atoms with Crippen molar-refractivity contribution < 1.29 is 14.3 Å². The van der Waals surface area contributed by atoms with Crippen molar-refractivity contribution in [1.29, 1.82) is 0 Å². The Kier molecular flexibility index (Phi) is 4.44. The fourth-order valence-electron chi connectivity index (χ4n) is 1.43. The number of carbonyl (C=O) groups is 2. The Morgan fingerprint density at radius 2 is 2.11 bits per heavy atom. The van der Waals surface area contributed by atoms with Crippen molar-refractivity contribution in [1.82, 2.24) is 0 Å². The number of hydrogen-bond acceptors (Lipinski definition) is 3. The van der Waals surface area contributed by atoms with Gasteiger partial charge in [0.1, 0.15) is 0 Å². The first-order valence-corrected chi connectivity index (χ1v) is 5.44. The number of nitrogens with zero attached hydrogens (tertiary/aromatic N) is 2. The summed E-state index contributed by atoms with van der Waals surface area (Å²) in [5, 5.41) is 0. The van der Waals surface area contributed by atoms with Crippen molar-refractivity contribution in [2.45, 2.75) is 13.8 Å². The van der Waals surface area contributed by atoms with Gasteiger partial charge in [-0.25, -0.2) is 9.64 Å². The van der Waals surface area contributed by atoms with Gasteiger partial charge in [0.25, 0.3) is 0 Å². The molecule has 5 nitrogen and oxygen atoms in total. The van der Waals surface area contributed by atoms with Crippen LogP contribution in [0.25, 0.3) is 4.85 Å². The van der Waals surface area contributed by atoms with Gasteiger partial charge in [0.15, 0.2) is 5.69 Å². The third-order valence-corrected chi connectivity index (χ3v) is 2.44. The summed E-state index contributed by atoms with van der Waals surface area (Å²) in [7, 11) is 1.57. The van der Waals surface area contributed by atoms with E-state index in [-0.39, 0.29) is 18.1 Å². The molecule has 0 saturated carbocycles. The van der Waals surface area contributed by atoms with Crippen LogP contribution in [0.5, 0.6) is 0 Å². The second kappa shape index (κ2) is 5.82. The number of anilines is 1. The molecular formula is C13H14N2O3. The molecule has 1 rings (SSSR count). The molecule has 94 valence electrons. The lowest BCUT2D eigenvalue weighted by atomic mass is 10.1. The number of rotatable bonds is 3. The Morgan fingerprint density at radius 1 is 1.44 bits per heavy atom. The van der Waals surface area contributed by atoms with Gasteiger partial charge in [0.05, 0.1) is 24.4 Å². The molecule has 5 heteroatoms. The van der Waals surface area contributed by atoms with Crippen LogP contribution in [0.15, 0.2) is 18.2 Å². The van der Waals surface area contributed by atoms with Gasteiger partial charge >= 0.3 is 5.97 Å². The molecule has 1 aromatic rings. The first-order chi connectivity index (χ1) is 8.51. The van der Waals surface area contributed by atoms with Gasteiger partial charge in [-0.05, 0) is 19.1 Å². The lowest BCUT2D eigenvalue weighted by Gasteiger charge is -2.18. The average Bonchev–Trinajstić information content (AvgIpc) is 2.37. The number of ether oxygens (including phenoxy) is 1. The maximum absolute atomic E-state index is 11.8. The van der Waals surface area contributed by atoms with Crippen LogP contribution in [-0.4, -0.2) is 25.5 Å². The van der Waals surface area contributed by atoms with Crippen LogP contribution in [0.3, 0.4) is 0 Å². The second-order valence-corrected chi connectivity index (χ2v) is 3.61. The Morgan fingerprint density at radius 3 is 2.61 bits per heavy atom. The maximum atomic E-state index is 11.8. The van der Waals surface area contributed by atoms with Crippen molar-refractivity contribution >= 4 is 23.3 Å². The summed E-state index contributed by atoms with van der Waals surface area (Å²) in [5.74, 6) is -0.734. The summed E-state index contributed by atoms with van der Waals surface area (Å²) in [4.78, 5) is 27.7. The Hall–Kier alpha value is -2.35. The topological polar surface area (TPSA) is 51.0 Å². The summed E-state index contributed by atoms with van der Waals surface area (Å²) in [6.07, 6.45) is 0. The summed E-state index contributed by atoms with van der Waals surface area (Å²) >= 11 is 0. The van der Waals surface area contributed by atoms with Crippen molar-refractivity contribution in [3.8, 4) is 0 Å². The van der Waals surface area contributed by atoms with Crippen molar-refractivity contribution in [2.24, 2.45) is 0 Å². The van der Waals surface area contributed by atoms with E-state index >= 15 is 0 Å². The fraction of sp³-hybridized carbons (Fsp3) is 0.308. The zero-order valence-corrected chi connectivity index (χ0v) is 10.6. The van der Waals surface area contributed by atoms with Crippen molar-refractivity contribution in [3.05, 3.63) is 35.2 Å². The van der Waals surface area contributed by atoms with Gasteiger partial charge in [-0.15, -0.1) is 0 Å². The van der Waals surface area contributed by atoms with E-state index in [2.05, 4.69) is 4.85 Å². The van der Waals surface area contributed by atoms with Gasteiger partial charge in [-0.1, -0.05) is 6.07 Å². The third-order valence-electron chi connectivity index (χ3n) is 2.44. The van der Waals surface area contributed by atoms with E-state index in [4.69, 9.17) is 11.3 Å². The minimum absolute atomic E-state index is 0.198. The molecule has 0 spiro atoms. The quantitative estimate of drug-likeness (QED) is 0.607. The molecule has 0 saturated heterocycles. The molecule has 0 aromatic heterocycles. The number of benzene rings is 1. The molecule has 0 bridgehead atoms. The number of carbonyl (C=O) groups excluding carboxylic acids is 2. The van der Waals surface area contributed by atoms with E-state index < -0.39 is 5.97 Å². The normalized spacial score (nSPS) is 9.44. The fourth-order valence-corrected chi connectivity index (χ4v) is 1.43. The van der Waals surface area contributed by atoms with Crippen molar-refractivity contribution in [2.75, 3.05) is 18.6 Å². The largest absolute Gasteiger partial charge is 0.462 e. The summed E-state index contributed by atoms with van der Waals surface area (Å²) in [5.41, 5.74) is 0.996. The summed E-state index contributed by atoms with van der Waals surface area (Å²) in [6.45, 7) is 10.3. The summed E-state index contributed by atoms with van der Waals surface area (Å²) < 4.78 is 4.92. The standard InChI is InChI=1S/C13H14N2O3/c1-5-18-13(17)11-8-10(14-3)6-7-12(11)15(4)9(2)16/h6-8H,5H2,1-2,4H3. The van der Waals surface area contributed by atoms with Crippen LogP contribution in [0.1, 0.15) is 24.2 Å². The van der Waals surface area contributed by atoms with Gasteiger partial charge in [0, 0.05) is 14.0 Å². The predicted octanol–water partition coefficient (Wildman–Crippen LogP) is 2.40. The predicted molar refractivity (Wildman–Crippen MR) is 67.7 cm³/mol. The molecule has 18 heavy (non-hydrogen) atoms. The zero-order chi connectivity index (χ0) is 13.7. The highest BCUT2D eigenvalue weighted by Gasteiger charge is 2.18. The van der Waals surface area contributed by atoms with Gasteiger partial charge < -0.3 is 9.64 Å². The Bertz CT molecular complexity index is 517. The molecule has 0 unspecified atom stereocenters. The highest BCUT2D eigenvalue weighted by molar-refractivity contribution is 6.02. The van der Waals surface area contributed by atoms with E-state index in [0.29, 0.717) is 11.4 Å². The number of esters is 1. The highest BCUT2D eigenvalue weighted by atomic mass is 16.5. The van der Waals surface area contributed by atoms with Gasteiger partial charge in [-0.2, -0.15) is 0 Å². The molecule has 0 aliphatic heterocycles. The lowest BCUT2D eigenvalue weighted by Crippen LogP contribution is -2.25.